The van der Waals surface area contributed by atoms with Crippen LogP contribution in [-0.2, 0) is 6.42 Å². The first kappa shape index (κ1) is 14.1. The van der Waals surface area contributed by atoms with E-state index in [9.17, 15) is 14.7 Å². The molecule has 1 amide bonds. The SMILES string of the molecule is CCC1CC2(CCc3ccccc3C2=O)CCN1C(=O)O. The minimum absolute atomic E-state index is 0.0366. The quantitative estimate of drug-likeness (QED) is 0.861. The number of nitrogens with zero attached hydrogens (tertiary/aromatic N) is 1. The largest absolute Gasteiger partial charge is 0.465 e. The van der Waals surface area contributed by atoms with E-state index in [0.717, 1.165) is 30.4 Å². The van der Waals surface area contributed by atoms with Crippen LogP contribution in [0.2, 0.25) is 0 Å². The summed E-state index contributed by atoms with van der Waals surface area (Å²) in [6.45, 7) is 2.47. The molecule has 112 valence electrons. The second-order valence-corrected chi connectivity index (χ2v) is 6.26. The molecule has 2 atom stereocenters. The van der Waals surface area contributed by atoms with Crippen LogP contribution in [0, 0.1) is 5.41 Å². The molecule has 1 fully saturated rings. The highest BCUT2D eigenvalue weighted by Gasteiger charge is 2.47. The maximum atomic E-state index is 13.0. The van der Waals surface area contributed by atoms with Crippen molar-refractivity contribution in [2.75, 3.05) is 6.54 Å². The monoisotopic (exact) mass is 287 g/mol. The molecule has 1 aromatic carbocycles. The van der Waals surface area contributed by atoms with Crippen molar-refractivity contribution in [1.82, 2.24) is 4.90 Å². The van der Waals surface area contributed by atoms with E-state index in [1.807, 2.05) is 31.2 Å². The second kappa shape index (κ2) is 5.17. The lowest BCUT2D eigenvalue weighted by Gasteiger charge is -2.46. The Morgan fingerprint density at radius 1 is 1.38 bits per heavy atom. The van der Waals surface area contributed by atoms with Crippen molar-refractivity contribution in [3.8, 4) is 0 Å². The summed E-state index contributed by atoms with van der Waals surface area (Å²) in [7, 11) is 0. The number of carbonyl (C=O) groups excluding carboxylic acids is 1. The van der Waals surface area contributed by atoms with Gasteiger partial charge in [0.1, 0.15) is 0 Å². The highest BCUT2D eigenvalue weighted by Crippen LogP contribution is 2.45. The Kier molecular flexibility index (Phi) is 3.47. The predicted octanol–water partition coefficient (Wildman–Crippen LogP) is 3.35. The van der Waals surface area contributed by atoms with Gasteiger partial charge in [0.05, 0.1) is 0 Å². The van der Waals surface area contributed by atoms with Crippen LogP contribution in [-0.4, -0.2) is 34.5 Å². The number of ketones is 1. The molecule has 0 aromatic heterocycles. The Bertz CT molecular complexity index is 583. The normalized spacial score (nSPS) is 28.5. The zero-order chi connectivity index (χ0) is 15.0. The van der Waals surface area contributed by atoms with E-state index in [0.29, 0.717) is 19.4 Å². The van der Waals surface area contributed by atoms with Gasteiger partial charge in [0.15, 0.2) is 5.78 Å². The lowest BCUT2D eigenvalue weighted by atomic mass is 9.63. The van der Waals surface area contributed by atoms with Gasteiger partial charge in [-0.05, 0) is 37.7 Å². The number of carbonyl (C=O) groups is 2. The molecule has 1 aliphatic carbocycles. The fourth-order valence-corrected chi connectivity index (χ4v) is 3.96. The molecule has 2 aliphatic rings. The van der Waals surface area contributed by atoms with Crippen LogP contribution in [0.1, 0.15) is 48.5 Å². The fraction of sp³-hybridized carbons (Fsp3) is 0.529. The molecule has 1 spiro atoms. The summed E-state index contributed by atoms with van der Waals surface area (Å²) in [6, 6.07) is 7.81. The molecule has 1 aliphatic heterocycles. The van der Waals surface area contributed by atoms with E-state index < -0.39 is 6.09 Å². The molecule has 1 N–H and O–H groups in total. The first-order valence-electron chi connectivity index (χ1n) is 7.70. The molecule has 4 heteroatoms. The van der Waals surface area contributed by atoms with Gasteiger partial charge in [0.25, 0.3) is 0 Å². The van der Waals surface area contributed by atoms with E-state index in [2.05, 4.69) is 0 Å². The van der Waals surface area contributed by atoms with Gasteiger partial charge in [-0.25, -0.2) is 4.79 Å². The Morgan fingerprint density at radius 2 is 2.14 bits per heavy atom. The van der Waals surface area contributed by atoms with Crippen molar-refractivity contribution in [1.29, 1.82) is 0 Å². The molecule has 3 rings (SSSR count). The van der Waals surface area contributed by atoms with Gasteiger partial charge in [0, 0.05) is 23.6 Å². The van der Waals surface area contributed by atoms with E-state index in [1.54, 1.807) is 0 Å². The summed E-state index contributed by atoms with van der Waals surface area (Å²) in [6.07, 6.45) is 3.01. The smallest absolute Gasteiger partial charge is 0.407 e. The van der Waals surface area contributed by atoms with E-state index >= 15 is 0 Å². The topological polar surface area (TPSA) is 57.6 Å². The number of fused-ring (bicyclic) bond motifs is 1. The Morgan fingerprint density at radius 3 is 2.86 bits per heavy atom. The lowest BCUT2D eigenvalue weighted by Crippen LogP contribution is -2.52. The molecule has 21 heavy (non-hydrogen) atoms. The molecular weight excluding hydrogens is 266 g/mol. The minimum Gasteiger partial charge on any atom is -0.465 e. The van der Waals surface area contributed by atoms with E-state index in [1.165, 1.54) is 4.90 Å². The molecule has 0 saturated carbocycles. The number of rotatable bonds is 1. The Balaban J connectivity index is 1.90. The van der Waals surface area contributed by atoms with E-state index in [-0.39, 0.29) is 17.2 Å². The van der Waals surface area contributed by atoms with Crippen molar-refractivity contribution in [3.05, 3.63) is 35.4 Å². The van der Waals surface area contributed by atoms with Crippen molar-refractivity contribution >= 4 is 11.9 Å². The summed E-state index contributed by atoms with van der Waals surface area (Å²) < 4.78 is 0. The first-order valence-corrected chi connectivity index (χ1v) is 7.70. The third-order valence-electron chi connectivity index (χ3n) is 5.23. The van der Waals surface area contributed by atoms with Gasteiger partial charge in [0.2, 0.25) is 0 Å². The average molecular weight is 287 g/mol. The Hall–Kier alpha value is -1.84. The van der Waals surface area contributed by atoms with Gasteiger partial charge >= 0.3 is 6.09 Å². The maximum absolute atomic E-state index is 13.0. The van der Waals surface area contributed by atoms with E-state index in [4.69, 9.17) is 0 Å². The number of amides is 1. The highest BCUT2D eigenvalue weighted by atomic mass is 16.4. The number of hydrogen-bond donors (Lipinski definition) is 1. The number of likely N-dealkylation sites (tertiary alicyclic amines) is 1. The number of Topliss-reactive ketones (excluding diaryl/α,β-unsaturated/α-hetero) is 1. The molecular formula is C17H21NO3. The highest BCUT2D eigenvalue weighted by molar-refractivity contribution is 6.03. The van der Waals surface area contributed by atoms with Crippen LogP contribution >= 0.6 is 0 Å². The van der Waals surface area contributed by atoms with Crippen LogP contribution in [0.4, 0.5) is 4.79 Å². The molecule has 2 unspecified atom stereocenters. The number of carboxylic acid groups (broad SMARTS) is 1. The zero-order valence-electron chi connectivity index (χ0n) is 12.3. The van der Waals surface area contributed by atoms with Crippen molar-refractivity contribution in [2.45, 2.75) is 45.1 Å². The van der Waals surface area contributed by atoms with Gasteiger partial charge in [-0.2, -0.15) is 0 Å². The summed E-state index contributed by atoms with van der Waals surface area (Å²) in [5.41, 5.74) is 1.64. The van der Waals surface area contributed by atoms with Gasteiger partial charge in [-0.1, -0.05) is 31.2 Å². The fourth-order valence-electron chi connectivity index (χ4n) is 3.96. The first-order chi connectivity index (χ1) is 10.1. The van der Waals surface area contributed by atoms with Crippen LogP contribution in [0.5, 0.6) is 0 Å². The van der Waals surface area contributed by atoms with Crippen molar-refractivity contribution < 1.29 is 14.7 Å². The van der Waals surface area contributed by atoms with Crippen molar-refractivity contribution in [3.63, 3.8) is 0 Å². The molecule has 0 radical (unpaired) electrons. The molecule has 1 heterocycles. The molecule has 1 saturated heterocycles. The lowest BCUT2D eigenvalue weighted by molar-refractivity contribution is 0.0332. The van der Waals surface area contributed by atoms with Crippen molar-refractivity contribution in [2.24, 2.45) is 5.41 Å². The number of hydrogen-bond acceptors (Lipinski definition) is 2. The second-order valence-electron chi connectivity index (χ2n) is 6.26. The molecule has 4 nitrogen and oxygen atoms in total. The Labute approximate surface area is 124 Å². The summed E-state index contributed by atoms with van der Waals surface area (Å²) in [5, 5.41) is 9.29. The third-order valence-corrected chi connectivity index (χ3v) is 5.23. The molecule has 0 bridgehead atoms. The molecule has 1 aromatic rings. The number of benzene rings is 1. The third kappa shape index (κ3) is 2.23. The van der Waals surface area contributed by atoms with Crippen LogP contribution in [0.25, 0.3) is 0 Å². The van der Waals surface area contributed by atoms with Gasteiger partial charge in [-0.15, -0.1) is 0 Å². The summed E-state index contributed by atoms with van der Waals surface area (Å²) >= 11 is 0. The van der Waals surface area contributed by atoms with Crippen LogP contribution < -0.4 is 0 Å². The average Bonchev–Trinajstić information content (AvgIpc) is 2.51. The van der Waals surface area contributed by atoms with Gasteiger partial charge in [-0.3, -0.25) is 4.79 Å². The number of piperidine rings is 1. The minimum atomic E-state index is -0.861. The standard InChI is InChI=1S/C17H21NO3/c1-2-13-11-17(9-10-18(13)16(20)21)8-7-12-5-3-4-6-14(12)15(17)19/h3-6,13H,2,7-11H2,1H3,(H,20,21). The maximum Gasteiger partial charge on any atom is 0.407 e. The van der Waals surface area contributed by atoms with Crippen LogP contribution in [0.3, 0.4) is 0 Å². The number of aryl methyl sites for hydroxylation is 1. The predicted molar refractivity (Wildman–Crippen MR) is 79.6 cm³/mol. The van der Waals surface area contributed by atoms with Crippen LogP contribution in [0.15, 0.2) is 24.3 Å². The summed E-state index contributed by atoms with van der Waals surface area (Å²) in [5.74, 6) is 0.229. The zero-order valence-corrected chi connectivity index (χ0v) is 12.3. The van der Waals surface area contributed by atoms with Gasteiger partial charge < -0.3 is 10.0 Å². The summed E-state index contributed by atoms with van der Waals surface area (Å²) in [4.78, 5) is 25.8.